The molecule has 1 N–H and O–H groups in total. The van der Waals surface area contributed by atoms with Crippen molar-refractivity contribution in [2.24, 2.45) is 45.8 Å². The summed E-state index contributed by atoms with van der Waals surface area (Å²) in [4.78, 5) is 34.7. The summed E-state index contributed by atoms with van der Waals surface area (Å²) in [7, 11) is 0. The van der Waals surface area contributed by atoms with E-state index in [-0.39, 0.29) is 24.4 Å². The zero-order valence-electron chi connectivity index (χ0n) is 25.9. The van der Waals surface area contributed by atoms with Gasteiger partial charge in [0, 0.05) is 6.42 Å². The van der Waals surface area contributed by atoms with Gasteiger partial charge >= 0.3 is 17.9 Å². The molecule has 0 aliphatic heterocycles. The molecule has 4 rings (SSSR count). The summed E-state index contributed by atoms with van der Waals surface area (Å²) >= 11 is 0. The molecule has 40 heavy (non-hydrogen) atoms. The molecular weight excluding hydrogens is 504 g/mol. The van der Waals surface area contributed by atoms with Gasteiger partial charge in [0.05, 0.1) is 12.8 Å². The van der Waals surface area contributed by atoms with Crippen LogP contribution in [-0.2, 0) is 23.9 Å². The summed E-state index contributed by atoms with van der Waals surface area (Å²) < 4.78 is 10.6. The molecule has 6 nitrogen and oxygen atoms in total. The maximum atomic E-state index is 12.4. The molecule has 3 saturated carbocycles. The lowest BCUT2D eigenvalue weighted by Gasteiger charge is -2.63. The number of aliphatic carboxylic acids is 1. The third-order valence-corrected chi connectivity index (χ3v) is 12.0. The third kappa shape index (κ3) is 6.16. The number of ether oxygens (including phenoxy) is 2. The van der Waals surface area contributed by atoms with E-state index < -0.39 is 24.5 Å². The summed E-state index contributed by atoms with van der Waals surface area (Å²) in [6.45, 7) is 14.5. The van der Waals surface area contributed by atoms with Crippen molar-refractivity contribution in [2.45, 2.75) is 131 Å². The normalized spacial score (nSPS) is 37.5. The smallest absolute Gasteiger partial charge is 0.344 e. The molecule has 8 atom stereocenters. The van der Waals surface area contributed by atoms with Crippen molar-refractivity contribution in [3.05, 3.63) is 11.6 Å². The molecule has 4 aliphatic carbocycles. The van der Waals surface area contributed by atoms with Crippen LogP contribution in [-0.4, -0.2) is 35.7 Å². The summed E-state index contributed by atoms with van der Waals surface area (Å²) in [5.74, 6) is 1.58. The molecule has 6 heteroatoms. The fourth-order valence-electron chi connectivity index (χ4n) is 10.0. The Morgan fingerprint density at radius 3 is 2.38 bits per heavy atom. The van der Waals surface area contributed by atoms with E-state index in [0.29, 0.717) is 16.7 Å². The Morgan fingerprint density at radius 1 is 0.925 bits per heavy atom. The molecule has 0 spiro atoms. The zero-order valence-corrected chi connectivity index (χ0v) is 25.9. The van der Waals surface area contributed by atoms with Crippen LogP contribution >= 0.6 is 0 Å². The molecule has 0 aromatic rings. The highest BCUT2D eigenvalue weighted by atomic mass is 16.6. The molecule has 0 heterocycles. The summed E-state index contributed by atoms with van der Waals surface area (Å²) in [6.07, 6.45) is 15.0. The Bertz CT molecular complexity index is 985. The maximum absolute atomic E-state index is 12.4. The van der Waals surface area contributed by atoms with E-state index in [1.165, 1.54) is 50.5 Å². The van der Waals surface area contributed by atoms with Crippen LogP contribution in [0.15, 0.2) is 11.6 Å². The summed E-state index contributed by atoms with van der Waals surface area (Å²) in [6, 6.07) is 0. The SMILES string of the molecule is CC(C)CCC[C@@H](C)C1CC[C@H]2[C@]3(C)CC=C4C[C@@H](OC(=O)COC(=O)CCC(=O)O)CC[C@]4(C)[C@H]3CC[C@]12C. The Labute approximate surface area is 242 Å². The number of carboxylic acids is 1. The van der Waals surface area contributed by atoms with Gasteiger partial charge in [-0.3, -0.25) is 9.59 Å². The van der Waals surface area contributed by atoms with Crippen molar-refractivity contribution in [2.75, 3.05) is 6.61 Å². The van der Waals surface area contributed by atoms with Crippen molar-refractivity contribution in [1.29, 1.82) is 0 Å². The fourth-order valence-corrected chi connectivity index (χ4v) is 10.0. The quantitative estimate of drug-likeness (QED) is 0.206. The van der Waals surface area contributed by atoms with E-state index in [2.05, 4.69) is 47.6 Å². The van der Waals surface area contributed by atoms with Crippen molar-refractivity contribution in [3.8, 4) is 0 Å². The van der Waals surface area contributed by atoms with Crippen LogP contribution in [0, 0.1) is 45.8 Å². The first-order valence-electron chi connectivity index (χ1n) is 16.1. The van der Waals surface area contributed by atoms with Gasteiger partial charge in [-0.25, -0.2) is 4.79 Å². The molecule has 1 unspecified atom stereocenters. The highest BCUT2D eigenvalue weighted by Crippen LogP contribution is 2.72. The van der Waals surface area contributed by atoms with Gasteiger partial charge in [-0.05, 0) is 90.8 Å². The van der Waals surface area contributed by atoms with E-state index in [0.717, 1.165) is 49.4 Å². The first-order valence-corrected chi connectivity index (χ1v) is 16.1. The highest BCUT2D eigenvalue weighted by molar-refractivity contribution is 5.79. The van der Waals surface area contributed by atoms with Crippen molar-refractivity contribution < 1.29 is 29.0 Å². The second kappa shape index (κ2) is 12.2. The molecule has 3 fully saturated rings. The number of hydrogen-bond donors (Lipinski definition) is 1. The van der Waals surface area contributed by atoms with E-state index >= 15 is 0 Å². The standard InChI is InChI=1S/C34H54O6/c1-22(2)8-7-9-23(3)26-10-11-27-33(26,5)19-16-28-32(4)18-15-25(20-24(32)14-17-34(27,28)6)40-31(38)21-39-30(37)13-12-29(35)36/h14,22-23,25-28H,7-13,15-21H2,1-6H3,(H,35,36)/t23-,25+,26?,27-,28-,32+,33-,34+/m1/s1. The fraction of sp³-hybridized carbons (Fsp3) is 0.853. The first kappa shape index (κ1) is 31.1. The number of esters is 2. The first-order chi connectivity index (χ1) is 18.8. The van der Waals surface area contributed by atoms with Gasteiger partial charge in [0.15, 0.2) is 6.61 Å². The molecule has 0 bridgehead atoms. The van der Waals surface area contributed by atoms with Crippen LogP contribution in [0.4, 0.5) is 0 Å². The zero-order chi connectivity index (χ0) is 29.3. The lowest BCUT2D eigenvalue weighted by atomic mass is 9.41. The van der Waals surface area contributed by atoms with Gasteiger partial charge in [0.25, 0.3) is 0 Å². The number of carbonyl (C=O) groups excluding carboxylic acids is 2. The summed E-state index contributed by atoms with van der Waals surface area (Å²) in [5.41, 5.74) is 2.38. The number of hydrogen-bond acceptors (Lipinski definition) is 5. The Morgan fingerprint density at radius 2 is 1.68 bits per heavy atom. The lowest BCUT2D eigenvalue weighted by molar-refractivity contribution is -0.165. The minimum Gasteiger partial charge on any atom is -0.481 e. The van der Waals surface area contributed by atoms with Crippen LogP contribution in [0.3, 0.4) is 0 Å². The largest absolute Gasteiger partial charge is 0.481 e. The maximum Gasteiger partial charge on any atom is 0.344 e. The minimum atomic E-state index is -1.07. The molecular formula is C34H54O6. The molecule has 226 valence electrons. The van der Waals surface area contributed by atoms with Crippen LogP contribution in [0.2, 0.25) is 0 Å². The Balaban J connectivity index is 1.37. The predicted octanol–water partition coefficient (Wildman–Crippen LogP) is 7.74. The molecule has 4 aliphatic rings. The van der Waals surface area contributed by atoms with Gasteiger partial charge in [-0.2, -0.15) is 0 Å². The predicted molar refractivity (Wildman–Crippen MR) is 155 cm³/mol. The van der Waals surface area contributed by atoms with Crippen LogP contribution in [0.1, 0.15) is 125 Å². The van der Waals surface area contributed by atoms with Gasteiger partial charge in [-0.1, -0.05) is 72.5 Å². The number of fused-ring (bicyclic) bond motifs is 5. The third-order valence-electron chi connectivity index (χ3n) is 12.0. The van der Waals surface area contributed by atoms with Crippen molar-refractivity contribution >= 4 is 17.9 Å². The molecule has 0 radical (unpaired) electrons. The van der Waals surface area contributed by atoms with E-state index in [9.17, 15) is 14.4 Å². The Kier molecular flexibility index (Phi) is 9.46. The van der Waals surface area contributed by atoms with E-state index in [1.54, 1.807) is 0 Å². The second-order valence-electron chi connectivity index (χ2n) is 14.9. The number of rotatable bonds is 11. The Hall–Kier alpha value is -1.85. The molecule has 0 saturated heterocycles. The second-order valence-corrected chi connectivity index (χ2v) is 14.9. The van der Waals surface area contributed by atoms with Crippen LogP contribution in [0.25, 0.3) is 0 Å². The monoisotopic (exact) mass is 558 g/mol. The average molecular weight is 559 g/mol. The van der Waals surface area contributed by atoms with Crippen LogP contribution in [0.5, 0.6) is 0 Å². The van der Waals surface area contributed by atoms with Gasteiger partial charge in [0.2, 0.25) is 0 Å². The van der Waals surface area contributed by atoms with Crippen LogP contribution < -0.4 is 0 Å². The van der Waals surface area contributed by atoms with E-state index in [1.807, 2.05) is 0 Å². The van der Waals surface area contributed by atoms with Gasteiger partial charge in [0.1, 0.15) is 6.10 Å². The number of carboxylic acid groups (broad SMARTS) is 1. The average Bonchev–Trinajstić information content (AvgIpc) is 3.24. The number of carbonyl (C=O) groups is 3. The lowest BCUT2D eigenvalue weighted by Crippen LogP contribution is -2.56. The highest BCUT2D eigenvalue weighted by Gasteiger charge is 2.64. The minimum absolute atomic E-state index is 0.154. The van der Waals surface area contributed by atoms with Gasteiger partial charge in [-0.15, -0.1) is 0 Å². The van der Waals surface area contributed by atoms with Gasteiger partial charge < -0.3 is 14.6 Å². The molecule has 0 aromatic heterocycles. The summed E-state index contributed by atoms with van der Waals surface area (Å²) in [5, 5.41) is 8.69. The van der Waals surface area contributed by atoms with Crippen molar-refractivity contribution in [3.63, 3.8) is 0 Å². The number of allylic oxidation sites excluding steroid dienone is 1. The van der Waals surface area contributed by atoms with E-state index in [4.69, 9.17) is 14.6 Å². The topological polar surface area (TPSA) is 89.9 Å². The molecule has 0 amide bonds. The molecule has 0 aromatic carbocycles. The van der Waals surface area contributed by atoms with Crippen molar-refractivity contribution in [1.82, 2.24) is 0 Å².